The van der Waals surface area contributed by atoms with Crippen LogP contribution in [0.1, 0.15) is 35.7 Å². The number of nitrogens with two attached hydrogens (primary N) is 1. The molecule has 98 valence electrons. The first-order valence-corrected chi connectivity index (χ1v) is 6.48. The Bertz CT molecular complexity index is 426. The molecular weight excluding hydrogens is 228 g/mol. The molecule has 2 rings (SSSR count). The molecule has 4 nitrogen and oxygen atoms in total. The van der Waals surface area contributed by atoms with Crippen LogP contribution in [-0.2, 0) is 11.3 Å². The summed E-state index contributed by atoms with van der Waals surface area (Å²) in [5, 5.41) is 0. The van der Waals surface area contributed by atoms with Gasteiger partial charge in [0.05, 0.1) is 12.2 Å². The van der Waals surface area contributed by atoms with Gasteiger partial charge in [-0.15, -0.1) is 0 Å². The quantitative estimate of drug-likeness (QED) is 0.654. The Balaban J connectivity index is 2.06. The van der Waals surface area contributed by atoms with E-state index in [1.165, 1.54) is 12.8 Å². The molecule has 0 aromatic heterocycles. The second-order valence-corrected chi connectivity index (χ2v) is 4.62. The van der Waals surface area contributed by atoms with E-state index >= 15 is 0 Å². The lowest BCUT2D eigenvalue weighted by Crippen LogP contribution is -2.19. The third-order valence-corrected chi connectivity index (χ3v) is 3.25. The SMILES string of the molecule is CCOC(=O)c1ccc(CN2CCCC2)c(N)c1. The molecule has 0 aliphatic carbocycles. The Kier molecular flexibility index (Phi) is 4.20. The number of ether oxygens (including phenoxy) is 1. The number of rotatable bonds is 4. The van der Waals surface area contributed by atoms with Crippen LogP contribution in [0.5, 0.6) is 0 Å². The van der Waals surface area contributed by atoms with Crippen molar-refractivity contribution in [3.63, 3.8) is 0 Å². The van der Waals surface area contributed by atoms with Crippen molar-refractivity contribution in [1.82, 2.24) is 4.90 Å². The van der Waals surface area contributed by atoms with Gasteiger partial charge in [-0.1, -0.05) is 6.07 Å². The van der Waals surface area contributed by atoms with Gasteiger partial charge in [0.25, 0.3) is 0 Å². The first-order valence-electron chi connectivity index (χ1n) is 6.48. The van der Waals surface area contributed by atoms with E-state index in [4.69, 9.17) is 10.5 Å². The van der Waals surface area contributed by atoms with Crippen LogP contribution in [0.2, 0.25) is 0 Å². The molecule has 18 heavy (non-hydrogen) atoms. The van der Waals surface area contributed by atoms with Gasteiger partial charge in [0, 0.05) is 12.2 Å². The Morgan fingerprint density at radius 2 is 2.11 bits per heavy atom. The zero-order chi connectivity index (χ0) is 13.0. The lowest BCUT2D eigenvalue weighted by atomic mass is 10.1. The molecule has 1 aliphatic rings. The summed E-state index contributed by atoms with van der Waals surface area (Å²) in [6.07, 6.45) is 2.53. The van der Waals surface area contributed by atoms with Crippen molar-refractivity contribution in [3.05, 3.63) is 29.3 Å². The molecule has 1 aromatic rings. The number of hydrogen-bond donors (Lipinski definition) is 1. The van der Waals surface area contributed by atoms with E-state index in [1.54, 1.807) is 19.1 Å². The molecule has 0 atom stereocenters. The summed E-state index contributed by atoms with van der Waals surface area (Å²) in [7, 11) is 0. The first kappa shape index (κ1) is 12.9. The molecule has 1 heterocycles. The van der Waals surface area contributed by atoms with Crippen LogP contribution in [0.3, 0.4) is 0 Å². The number of esters is 1. The number of nitrogen functional groups attached to an aromatic ring is 1. The molecule has 0 bridgehead atoms. The van der Waals surface area contributed by atoms with Crippen LogP contribution in [0.25, 0.3) is 0 Å². The summed E-state index contributed by atoms with van der Waals surface area (Å²) >= 11 is 0. The summed E-state index contributed by atoms with van der Waals surface area (Å²) in [5.41, 5.74) is 8.29. The van der Waals surface area contributed by atoms with Crippen molar-refractivity contribution in [3.8, 4) is 0 Å². The van der Waals surface area contributed by atoms with Crippen LogP contribution >= 0.6 is 0 Å². The summed E-state index contributed by atoms with van der Waals surface area (Å²) in [5.74, 6) is -0.308. The minimum absolute atomic E-state index is 0.308. The topological polar surface area (TPSA) is 55.6 Å². The molecule has 0 amide bonds. The van der Waals surface area contributed by atoms with E-state index in [9.17, 15) is 4.79 Å². The zero-order valence-electron chi connectivity index (χ0n) is 10.8. The Morgan fingerprint density at radius 3 is 2.72 bits per heavy atom. The largest absolute Gasteiger partial charge is 0.462 e. The highest BCUT2D eigenvalue weighted by atomic mass is 16.5. The third kappa shape index (κ3) is 3.01. The molecule has 2 N–H and O–H groups in total. The van der Waals surface area contributed by atoms with Gasteiger partial charge in [-0.2, -0.15) is 0 Å². The molecular formula is C14H20N2O2. The van der Waals surface area contributed by atoms with E-state index in [0.717, 1.165) is 25.2 Å². The van der Waals surface area contributed by atoms with Gasteiger partial charge in [-0.05, 0) is 50.6 Å². The van der Waals surface area contributed by atoms with Gasteiger partial charge >= 0.3 is 5.97 Å². The van der Waals surface area contributed by atoms with Gasteiger partial charge in [-0.25, -0.2) is 4.79 Å². The summed E-state index contributed by atoms with van der Waals surface area (Å²) < 4.78 is 4.95. The van der Waals surface area contributed by atoms with Crippen molar-refractivity contribution in [2.45, 2.75) is 26.3 Å². The minimum atomic E-state index is -0.308. The fraction of sp³-hybridized carbons (Fsp3) is 0.500. The average molecular weight is 248 g/mol. The molecule has 1 saturated heterocycles. The van der Waals surface area contributed by atoms with Crippen molar-refractivity contribution >= 4 is 11.7 Å². The number of likely N-dealkylation sites (tertiary alicyclic amines) is 1. The summed E-state index contributed by atoms with van der Waals surface area (Å²) in [6, 6.07) is 5.43. The van der Waals surface area contributed by atoms with Crippen molar-refractivity contribution in [1.29, 1.82) is 0 Å². The van der Waals surface area contributed by atoms with Crippen molar-refractivity contribution in [2.75, 3.05) is 25.4 Å². The maximum atomic E-state index is 11.6. The number of nitrogens with zero attached hydrogens (tertiary/aromatic N) is 1. The van der Waals surface area contributed by atoms with E-state index in [1.807, 2.05) is 6.07 Å². The number of carbonyl (C=O) groups excluding carboxylic acids is 1. The molecule has 1 aliphatic heterocycles. The first-order chi connectivity index (χ1) is 8.70. The van der Waals surface area contributed by atoms with Crippen molar-refractivity contribution in [2.24, 2.45) is 0 Å². The fourth-order valence-corrected chi connectivity index (χ4v) is 2.26. The third-order valence-electron chi connectivity index (χ3n) is 3.25. The predicted molar refractivity (Wildman–Crippen MR) is 71.3 cm³/mol. The summed E-state index contributed by atoms with van der Waals surface area (Å²) in [6.45, 7) is 5.32. The Morgan fingerprint density at radius 1 is 1.39 bits per heavy atom. The predicted octanol–water partition coefficient (Wildman–Crippen LogP) is 2.04. The molecule has 4 heteroatoms. The second kappa shape index (κ2) is 5.87. The molecule has 1 aromatic carbocycles. The number of carbonyl (C=O) groups is 1. The van der Waals surface area contributed by atoms with E-state index in [2.05, 4.69) is 4.90 Å². The average Bonchev–Trinajstić information content (AvgIpc) is 2.85. The Hall–Kier alpha value is -1.55. The van der Waals surface area contributed by atoms with Crippen LogP contribution in [0.15, 0.2) is 18.2 Å². The van der Waals surface area contributed by atoms with E-state index < -0.39 is 0 Å². The van der Waals surface area contributed by atoms with Gasteiger partial charge in [0.15, 0.2) is 0 Å². The van der Waals surface area contributed by atoms with Crippen molar-refractivity contribution < 1.29 is 9.53 Å². The summed E-state index contributed by atoms with van der Waals surface area (Å²) in [4.78, 5) is 13.9. The standard InChI is InChI=1S/C14H20N2O2/c1-2-18-14(17)11-5-6-12(13(15)9-11)10-16-7-3-4-8-16/h5-6,9H,2-4,7-8,10,15H2,1H3. The lowest BCUT2D eigenvalue weighted by molar-refractivity contribution is 0.0526. The van der Waals surface area contributed by atoms with Gasteiger partial charge < -0.3 is 10.5 Å². The number of anilines is 1. The normalized spacial score (nSPS) is 15.8. The van der Waals surface area contributed by atoms with Crippen LogP contribution < -0.4 is 5.73 Å². The zero-order valence-corrected chi connectivity index (χ0v) is 10.8. The molecule has 1 fully saturated rings. The minimum Gasteiger partial charge on any atom is -0.462 e. The highest BCUT2D eigenvalue weighted by Gasteiger charge is 2.14. The number of benzene rings is 1. The molecule has 0 spiro atoms. The van der Waals surface area contributed by atoms with Gasteiger partial charge in [0.2, 0.25) is 0 Å². The van der Waals surface area contributed by atoms with E-state index in [-0.39, 0.29) is 5.97 Å². The highest BCUT2D eigenvalue weighted by Crippen LogP contribution is 2.19. The monoisotopic (exact) mass is 248 g/mol. The maximum Gasteiger partial charge on any atom is 0.338 e. The van der Waals surface area contributed by atoms with Crippen LogP contribution in [0, 0.1) is 0 Å². The highest BCUT2D eigenvalue weighted by molar-refractivity contribution is 5.90. The molecule has 0 unspecified atom stereocenters. The van der Waals surface area contributed by atoms with Gasteiger partial charge in [0.1, 0.15) is 0 Å². The number of hydrogen-bond acceptors (Lipinski definition) is 4. The Labute approximate surface area is 108 Å². The lowest BCUT2D eigenvalue weighted by Gasteiger charge is -2.16. The fourth-order valence-electron chi connectivity index (χ4n) is 2.26. The smallest absolute Gasteiger partial charge is 0.338 e. The molecule has 0 radical (unpaired) electrons. The second-order valence-electron chi connectivity index (χ2n) is 4.62. The van der Waals surface area contributed by atoms with Gasteiger partial charge in [-0.3, -0.25) is 4.90 Å². The van der Waals surface area contributed by atoms with E-state index in [0.29, 0.717) is 17.9 Å². The van der Waals surface area contributed by atoms with Crippen LogP contribution in [-0.4, -0.2) is 30.6 Å². The molecule has 0 saturated carbocycles. The van der Waals surface area contributed by atoms with Crippen LogP contribution in [0.4, 0.5) is 5.69 Å². The maximum absolute atomic E-state index is 11.6.